The van der Waals surface area contributed by atoms with E-state index < -0.39 is 0 Å². The molecule has 0 aliphatic carbocycles. The molecule has 0 spiro atoms. The number of rotatable bonds is 0. The number of hydrogen-bond acceptors (Lipinski definition) is 2. The van der Waals surface area contributed by atoms with Gasteiger partial charge in [0.25, 0.3) is 0 Å². The standard InChI is InChI=1S/C11H9N3.ClH/c12-11-13-9-5-7-3-1-2-4-8(7)6-10(9)14-11;/h1-6H,(H3,12,13,14);1H. The quantitative estimate of drug-likeness (QED) is 0.611. The zero-order chi connectivity index (χ0) is 9.54. The van der Waals surface area contributed by atoms with Gasteiger partial charge in [0.1, 0.15) is 0 Å². The molecule has 0 fully saturated rings. The number of imidazole rings is 1. The van der Waals surface area contributed by atoms with Crippen molar-refractivity contribution < 1.29 is 0 Å². The summed E-state index contributed by atoms with van der Waals surface area (Å²) in [4.78, 5) is 7.20. The summed E-state index contributed by atoms with van der Waals surface area (Å²) < 4.78 is 0. The average molecular weight is 220 g/mol. The van der Waals surface area contributed by atoms with Gasteiger partial charge in [-0.15, -0.1) is 12.4 Å². The molecule has 0 saturated carbocycles. The average Bonchev–Trinajstić information content (AvgIpc) is 2.53. The second-order valence-electron chi connectivity index (χ2n) is 3.34. The number of hydrogen-bond donors (Lipinski definition) is 2. The third-order valence-corrected chi connectivity index (χ3v) is 2.37. The molecule has 4 heteroatoms. The lowest BCUT2D eigenvalue weighted by atomic mass is 10.1. The summed E-state index contributed by atoms with van der Waals surface area (Å²) in [6.07, 6.45) is 0. The minimum atomic E-state index is 0. The van der Waals surface area contributed by atoms with Crippen molar-refractivity contribution in [2.24, 2.45) is 0 Å². The van der Waals surface area contributed by atoms with E-state index in [2.05, 4.69) is 28.2 Å². The van der Waals surface area contributed by atoms with Crippen LogP contribution < -0.4 is 5.73 Å². The Bertz CT molecular complexity index is 563. The molecule has 2 aromatic carbocycles. The maximum Gasteiger partial charge on any atom is 0.198 e. The van der Waals surface area contributed by atoms with Crippen LogP contribution in [0.1, 0.15) is 0 Å². The molecule has 0 bridgehead atoms. The molecule has 3 nitrogen and oxygen atoms in total. The normalized spacial score (nSPS) is 10.4. The summed E-state index contributed by atoms with van der Waals surface area (Å²) in [6.45, 7) is 0. The number of halogens is 1. The van der Waals surface area contributed by atoms with Gasteiger partial charge in [-0.2, -0.15) is 0 Å². The van der Waals surface area contributed by atoms with Gasteiger partial charge in [-0.05, 0) is 22.9 Å². The van der Waals surface area contributed by atoms with Crippen molar-refractivity contribution >= 4 is 40.2 Å². The molecule has 0 unspecified atom stereocenters. The first-order chi connectivity index (χ1) is 6.83. The number of H-pyrrole nitrogens is 1. The summed E-state index contributed by atoms with van der Waals surface area (Å²) in [5.41, 5.74) is 7.49. The van der Waals surface area contributed by atoms with Crippen LogP contribution in [0.5, 0.6) is 0 Å². The van der Waals surface area contributed by atoms with E-state index in [-0.39, 0.29) is 12.4 Å². The van der Waals surface area contributed by atoms with Crippen LogP contribution in [-0.2, 0) is 0 Å². The number of nitrogens with zero attached hydrogens (tertiary/aromatic N) is 1. The van der Waals surface area contributed by atoms with Gasteiger partial charge in [0, 0.05) is 0 Å². The van der Waals surface area contributed by atoms with Gasteiger partial charge in [-0.3, -0.25) is 0 Å². The highest BCUT2D eigenvalue weighted by Gasteiger charge is 2.00. The van der Waals surface area contributed by atoms with Crippen molar-refractivity contribution in [3.05, 3.63) is 36.4 Å². The predicted octanol–water partition coefficient (Wildman–Crippen LogP) is 2.72. The molecular weight excluding hydrogens is 210 g/mol. The Labute approximate surface area is 92.7 Å². The largest absolute Gasteiger partial charge is 0.369 e. The molecule has 76 valence electrons. The SMILES string of the molecule is Cl.Nc1nc2cc3ccccc3cc2[nH]1. The molecule has 0 aliphatic heterocycles. The second-order valence-corrected chi connectivity index (χ2v) is 3.34. The summed E-state index contributed by atoms with van der Waals surface area (Å²) in [5, 5.41) is 2.38. The Balaban J connectivity index is 0.000000853. The van der Waals surface area contributed by atoms with E-state index in [4.69, 9.17) is 5.73 Å². The maximum absolute atomic E-state index is 5.59. The zero-order valence-electron chi connectivity index (χ0n) is 7.90. The monoisotopic (exact) mass is 219 g/mol. The number of nitrogen functional groups attached to an aromatic ring is 1. The number of aromatic amines is 1. The Kier molecular flexibility index (Phi) is 2.25. The van der Waals surface area contributed by atoms with Gasteiger partial charge in [0.2, 0.25) is 0 Å². The van der Waals surface area contributed by atoms with Crippen LogP contribution in [0, 0.1) is 0 Å². The highest BCUT2D eigenvalue weighted by molar-refractivity contribution is 5.95. The first-order valence-electron chi connectivity index (χ1n) is 4.47. The number of aromatic nitrogens is 2. The Hall–Kier alpha value is -1.74. The first kappa shape index (κ1) is 9.80. The molecule has 1 aromatic heterocycles. The van der Waals surface area contributed by atoms with Crippen molar-refractivity contribution in [2.45, 2.75) is 0 Å². The minimum Gasteiger partial charge on any atom is -0.369 e. The highest BCUT2D eigenvalue weighted by atomic mass is 35.5. The Morgan fingerprint density at radius 2 is 1.73 bits per heavy atom. The van der Waals surface area contributed by atoms with Crippen LogP contribution in [0.15, 0.2) is 36.4 Å². The lowest BCUT2D eigenvalue weighted by molar-refractivity contribution is 1.35. The molecule has 3 aromatic rings. The van der Waals surface area contributed by atoms with Crippen molar-refractivity contribution in [1.29, 1.82) is 0 Å². The summed E-state index contributed by atoms with van der Waals surface area (Å²) in [7, 11) is 0. The fourth-order valence-electron chi connectivity index (χ4n) is 1.72. The van der Waals surface area contributed by atoms with Crippen LogP contribution in [0.25, 0.3) is 21.8 Å². The lowest BCUT2D eigenvalue weighted by Crippen LogP contribution is -1.84. The van der Waals surface area contributed by atoms with E-state index in [1.54, 1.807) is 0 Å². The molecule has 0 aliphatic rings. The van der Waals surface area contributed by atoms with Crippen molar-refractivity contribution in [3.63, 3.8) is 0 Å². The zero-order valence-corrected chi connectivity index (χ0v) is 8.71. The third kappa shape index (κ3) is 1.51. The molecule has 0 amide bonds. The van der Waals surface area contributed by atoms with E-state index >= 15 is 0 Å². The van der Waals surface area contributed by atoms with Crippen LogP contribution >= 0.6 is 12.4 Å². The smallest absolute Gasteiger partial charge is 0.198 e. The number of benzene rings is 2. The van der Waals surface area contributed by atoms with Crippen LogP contribution in [0.3, 0.4) is 0 Å². The number of nitrogens with two attached hydrogens (primary N) is 1. The predicted molar refractivity (Wildman–Crippen MR) is 65.3 cm³/mol. The summed E-state index contributed by atoms with van der Waals surface area (Å²) >= 11 is 0. The molecule has 0 saturated heterocycles. The summed E-state index contributed by atoms with van der Waals surface area (Å²) in [6, 6.07) is 12.3. The van der Waals surface area contributed by atoms with Gasteiger partial charge in [-0.25, -0.2) is 4.98 Å². The summed E-state index contributed by atoms with van der Waals surface area (Å²) in [5.74, 6) is 0.468. The van der Waals surface area contributed by atoms with Crippen molar-refractivity contribution in [3.8, 4) is 0 Å². The highest BCUT2D eigenvalue weighted by Crippen LogP contribution is 2.21. The topological polar surface area (TPSA) is 54.7 Å². The molecule has 3 rings (SSSR count). The van der Waals surface area contributed by atoms with E-state index in [0.717, 1.165) is 11.0 Å². The third-order valence-electron chi connectivity index (χ3n) is 2.37. The molecule has 0 radical (unpaired) electrons. The molecule has 1 heterocycles. The number of fused-ring (bicyclic) bond motifs is 2. The van der Waals surface area contributed by atoms with Gasteiger partial charge < -0.3 is 10.7 Å². The Morgan fingerprint density at radius 1 is 1.07 bits per heavy atom. The molecule has 3 N–H and O–H groups in total. The number of nitrogens with one attached hydrogen (secondary N) is 1. The fraction of sp³-hybridized carbons (Fsp3) is 0. The molecule has 15 heavy (non-hydrogen) atoms. The van der Waals surface area contributed by atoms with E-state index in [0.29, 0.717) is 5.95 Å². The molecular formula is C11H10ClN3. The van der Waals surface area contributed by atoms with E-state index in [1.807, 2.05) is 18.2 Å². The van der Waals surface area contributed by atoms with Gasteiger partial charge in [0.15, 0.2) is 5.95 Å². The van der Waals surface area contributed by atoms with Crippen molar-refractivity contribution in [1.82, 2.24) is 9.97 Å². The maximum atomic E-state index is 5.59. The minimum absolute atomic E-state index is 0. The second kappa shape index (κ2) is 3.44. The fourth-order valence-corrected chi connectivity index (χ4v) is 1.72. The van der Waals surface area contributed by atoms with Gasteiger partial charge in [0.05, 0.1) is 11.0 Å². The lowest BCUT2D eigenvalue weighted by Gasteiger charge is -1.95. The number of anilines is 1. The van der Waals surface area contributed by atoms with Crippen molar-refractivity contribution in [2.75, 3.05) is 5.73 Å². The Morgan fingerprint density at radius 3 is 2.47 bits per heavy atom. The van der Waals surface area contributed by atoms with Crippen LogP contribution in [0.2, 0.25) is 0 Å². The van der Waals surface area contributed by atoms with E-state index in [1.165, 1.54) is 10.8 Å². The van der Waals surface area contributed by atoms with E-state index in [9.17, 15) is 0 Å². The van der Waals surface area contributed by atoms with Crippen LogP contribution in [-0.4, -0.2) is 9.97 Å². The first-order valence-corrected chi connectivity index (χ1v) is 4.47. The van der Waals surface area contributed by atoms with Gasteiger partial charge in [-0.1, -0.05) is 24.3 Å². The van der Waals surface area contributed by atoms with Crippen LogP contribution in [0.4, 0.5) is 5.95 Å². The van der Waals surface area contributed by atoms with Gasteiger partial charge >= 0.3 is 0 Å². The molecule has 0 atom stereocenters.